The average molecular weight is 249 g/mol. The van der Waals surface area contributed by atoms with Gasteiger partial charge in [0.2, 0.25) is 5.91 Å². The third-order valence-electron chi connectivity index (χ3n) is 5.58. The number of unbranched alkanes of at least 4 members (excludes halogenated alkanes) is 1. The van der Waals surface area contributed by atoms with Gasteiger partial charge in [0.25, 0.3) is 0 Å². The van der Waals surface area contributed by atoms with Crippen molar-refractivity contribution in [2.45, 2.75) is 64.7 Å². The molecule has 0 radical (unpaired) electrons. The number of amides is 1. The lowest BCUT2D eigenvalue weighted by Crippen LogP contribution is -2.51. The second-order valence-electron chi connectivity index (χ2n) is 7.30. The van der Waals surface area contributed by atoms with Gasteiger partial charge >= 0.3 is 0 Å². The molecule has 2 nitrogen and oxygen atoms in total. The fourth-order valence-electron chi connectivity index (χ4n) is 5.22. The van der Waals surface area contributed by atoms with Crippen LogP contribution in [0.2, 0.25) is 0 Å². The highest BCUT2D eigenvalue weighted by Gasteiger charge is 2.50. The molecule has 102 valence electrons. The number of nitrogens with one attached hydrogen (secondary N) is 1. The van der Waals surface area contributed by atoms with Gasteiger partial charge in [0.05, 0.1) is 0 Å². The number of carbonyl (C=O) groups excluding carboxylic acids is 1. The summed E-state index contributed by atoms with van der Waals surface area (Å²) in [5.74, 6) is 3.25. The van der Waals surface area contributed by atoms with E-state index in [1.165, 1.54) is 38.5 Å². The average Bonchev–Trinajstić information content (AvgIpc) is 2.32. The van der Waals surface area contributed by atoms with Crippen LogP contribution in [0.25, 0.3) is 0 Å². The van der Waals surface area contributed by atoms with Crippen LogP contribution in [0.1, 0.15) is 64.7 Å². The maximum Gasteiger partial charge on any atom is 0.220 e. The van der Waals surface area contributed by atoms with Crippen LogP contribution >= 0.6 is 0 Å². The van der Waals surface area contributed by atoms with E-state index in [4.69, 9.17) is 0 Å². The quantitative estimate of drug-likeness (QED) is 0.793. The van der Waals surface area contributed by atoms with Crippen molar-refractivity contribution in [3.63, 3.8) is 0 Å². The first-order chi connectivity index (χ1) is 8.69. The van der Waals surface area contributed by atoms with Crippen LogP contribution in [0.5, 0.6) is 0 Å². The van der Waals surface area contributed by atoms with Crippen molar-refractivity contribution in [2.75, 3.05) is 6.54 Å². The molecule has 1 amide bonds. The van der Waals surface area contributed by atoms with Crippen LogP contribution in [-0.2, 0) is 4.79 Å². The molecule has 0 heterocycles. The molecular formula is C16H27NO. The molecule has 2 heteroatoms. The third-order valence-corrected chi connectivity index (χ3v) is 5.58. The molecule has 4 saturated carbocycles. The monoisotopic (exact) mass is 249 g/mol. The summed E-state index contributed by atoms with van der Waals surface area (Å²) in [6.45, 7) is 3.12. The Labute approximate surface area is 111 Å². The Morgan fingerprint density at radius 3 is 2.17 bits per heavy atom. The van der Waals surface area contributed by atoms with Crippen LogP contribution in [-0.4, -0.2) is 12.5 Å². The minimum atomic E-state index is 0.285. The molecular weight excluding hydrogens is 222 g/mol. The Bertz CT molecular complexity index is 288. The van der Waals surface area contributed by atoms with E-state index in [0.717, 1.165) is 43.6 Å². The molecule has 1 N–H and O–H groups in total. The van der Waals surface area contributed by atoms with E-state index < -0.39 is 0 Å². The summed E-state index contributed by atoms with van der Waals surface area (Å²) in [4.78, 5) is 11.8. The second kappa shape index (κ2) is 4.86. The first kappa shape index (κ1) is 12.5. The lowest BCUT2D eigenvalue weighted by molar-refractivity contribution is -0.123. The van der Waals surface area contributed by atoms with Crippen molar-refractivity contribution in [3.8, 4) is 0 Å². The van der Waals surface area contributed by atoms with Gasteiger partial charge in [0.15, 0.2) is 0 Å². The van der Waals surface area contributed by atoms with Gasteiger partial charge in [0, 0.05) is 13.0 Å². The molecule has 0 aliphatic heterocycles. The van der Waals surface area contributed by atoms with Crippen LogP contribution in [0, 0.1) is 23.2 Å². The molecule has 0 spiro atoms. The zero-order valence-electron chi connectivity index (χ0n) is 11.7. The summed E-state index contributed by atoms with van der Waals surface area (Å²) in [5.41, 5.74) is 0.497. The van der Waals surface area contributed by atoms with Crippen molar-refractivity contribution < 1.29 is 4.79 Å². The maximum absolute atomic E-state index is 11.8. The number of hydrogen-bond acceptors (Lipinski definition) is 1. The van der Waals surface area contributed by atoms with E-state index in [0.29, 0.717) is 5.41 Å². The minimum Gasteiger partial charge on any atom is -0.356 e. The van der Waals surface area contributed by atoms with Gasteiger partial charge in [-0.3, -0.25) is 4.79 Å². The van der Waals surface area contributed by atoms with Crippen molar-refractivity contribution in [3.05, 3.63) is 0 Å². The summed E-state index contributed by atoms with van der Waals surface area (Å²) in [7, 11) is 0. The van der Waals surface area contributed by atoms with E-state index in [1.54, 1.807) is 0 Å². The molecule has 4 bridgehead atoms. The van der Waals surface area contributed by atoms with Crippen LogP contribution in [0.15, 0.2) is 0 Å². The lowest BCUT2D eigenvalue weighted by atomic mass is 9.49. The summed E-state index contributed by atoms with van der Waals surface area (Å²) >= 11 is 0. The van der Waals surface area contributed by atoms with Gasteiger partial charge in [-0.05, 0) is 68.1 Å². The molecule has 4 aliphatic carbocycles. The third kappa shape index (κ3) is 2.44. The van der Waals surface area contributed by atoms with Crippen molar-refractivity contribution in [1.82, 2.24) is 5.32 Å². The highest BCUT2D eigenvalue weighted by molar-refractivity contribution is 5.75. The standard InChI is InChI=1S/C16H27NO/c1-2-3-4-15(18)17-11-16-8-12-5-13(9-16)7-14(6-12)10-16/h12-14H,2-11H2,1H3,(H,17,18). The largest absolute Gasteiger partial charge is 0.356 e. The smallest absolute Gasteiger partial charge is 0.220 e. The zero-order chi connectivity index (χ0) is 12.6. The molecule has 18 heavy (non-hydrogen) atoms. The molecule has 0 unspecified atom stereocenters. The van der Waals surface area contributed by atoms with Crippen molar-refractivity contribution in [1.29, 1.82) is 0 Å². The number of rotatable bonds is 5. The Hall–Kier alpha value is -0.530. The Kier molecular flexibility index (Phi) is 3.38. The SMILES string of the molecule is CCCCC(=O)NCC12CC3CC(CC(C3)C1)C2. The van der Waals surface area contributed by atoms with E-state index >= 15 is 0 Å². The van der Waals surface area contributed by atoms with E-state index in [2.05, 4.69) is 12.2 Å². The highest BCUT2D eigenvalue weighted by atomic mass is 16.1. The van der Waals surface area contributed by atoms with Gasteiger partial charge < -0.3 is 5.32 Å². The molecule has 4 aliphatic rings. The fourth-order valence-corrected chi connectivity index (χ4v) is 5.22. The molecule has 4 rings (SSSR count). The number of hydrogen-bond donors (Lipinski definition) is 1. The van der Waals surface area contributed by atoms with E-state index in [9.17, 15) is 4.79 Å². The minimum absolute atomic E-state index is 0.285. The molecule has 0 aromatic rings. The molecule has 0 saturated heterocycles. The Balaban J connectivity index is 1.54. The van der Waals surface area contributed by atoms with Gasteiger partial charge in [-0.25, -0.2) is 0 Å². The summed E-state index contributed by atoms with van der Waals surface area (Å²) in [5, 5.41) is 3.24. The van der Waals surface area contributed by atoms with Crippen LogP contribution in [0.4, 0.5) is 0 Å². The first-order valence-corrected chi connectivity index (χ1v) is 7.96. The first-order valence-electron chi connectivity index (χ1n) is 7.96. The topological polar surface area (TPSA) is 29.1 Å². The molecule has 0 aromatic heterocycles. The van der Waals surface area contributed by atoms with Gasteiger partial charge in [0.1, 0.15) is 0 Å². The maximum atomic E-state index is 11.8. The predicted octanol–water partition coefficient (Wildman–Crippen LogP) is 3.51. The van der Waals surface area contributed by atoms with Crippen LogP contribution < -0.4 is 5.32 Å². The zero-order valence-corrected chi connectivity index (χ0v) is 11.7. The Morgan fingerprint density at radius 2 is 1.67 bits per heavy atom. The van der Waals surface area contributed by atoms with Crippen LogP contribution in [0.3, 0.4) is 0 Å². The van der Waals surface area contributed by atoms with Crippen molar-refractivity contribution >= 4 is 5.91 Å². The highest BCUT2D eigenvalue weighted by Crippen LogP contribution is 2.59. The lowest BCUT2D eigenvalue weighted by Gasteiger charge is -2.56. The van der Waals surface area contributed by atoms with Crippen molar-refractivity contribution in [2.24, 2.45) is 23.2 Å². The predicted molar refractivity (Wildman–Crippen MR) is 73.1 cm³/mol. The second-order valence-corrected chi connectivity index (χ2v) is 7.30. The molecule has 0 aromatic carbocycles. The normalized spacial score (nSPS) is 41.1. The van der Waals surface area contributed by atoms with E-state index in [-0.39, 0.29) is 5.91 Å². The van der Waals surface area contributed by atoms with Gasteiger partial charge in [-0.2, -0.15) is 0 Å². The van der Waals surface area contributed by atoms with E-state index in [1.807, 2.05) is 0 Å². The van der Waals surface area contributed by atoms with Gasteiger partial charge in [-0.1, -0.05) is 13.3 Å². The molecule has 0 atom stereocenters. The van der Waals surface area contributed by atoms with Gasteiger partial charge in [-0.15, -0.1) is 0 Å². The summed E-state index contributed by atoms with van der Waals surface area (Å²) in [6, 6.07) is 0. The number of carbonyl (C=O) groups is 1. The Morgan fingerprint density at radius 1 is 1.11 bits per heavy atom. The fraction of sp³-hybridized carbons (Fsp3) is 0.938. The summed E-state index contributed by atoms with van der Waals surface area (Å²) < 4.78 is 0. The molecule has 4 fully saturated rings. The summed E-state index contributed by atoms with van der Waals surface area (Å²) in [6.07, 6.45) is 11.5.